The molecule has 3 aromatic rings. The van der Waals surface area contributed by atoms with E-state index in [4.69, 9.17) is 28.4 Å². The van der Waals surface area contributed by atoms with Crippen LogP contribution in [0, 0.1) is 0 Å². The van der Waals surface area contributed by atoms with Gasteiger partial charge in [0.05, 0.1) is 13.2 Å². The Morgan fingerprint density at radius 2 is 1.40 bits per heavy atom. The van der Waals surface area contributed by atoms with Crippen molar-refractivity contribution in [1.29, 1.82) is 0 Å². The van der Waals surface area contributed by atoms with Gasteiger partial charge in [0.2, 0.25) is 0 Å². The van der Waals surface area contributed by atoms with Crippen molar-refractivity contribution in [2.24, 2.45) is 0 Å². The van der Waals surface area contributed by atoms with Crippen LogP contribution >= 0.6 is 11.8 Å². The molecule has 47 heavy (non-hydrogen) atoms. The fraction of sp³-hybridized carbons (Fsp3) is 0.486. The van der Waals surface area contributed by atoms with Crippen LogP contribution in [-0.4, -0.2) is 64.6 Å². The Morgan fingerprint density at radius 3 is 2.13 bits per heavy atom. The molecular weight excluding hydrogens is 643 g/mol. The van der Waals surface area contributed by atoms with Crippen LogP contribution in [0.3, 0.4) is 0 Å². The van der Waals surface area contributed by atoms with Crippen LogP contribution in [0.5, 0.6) is 23.0 Å². The SMILES string of the molecule is COCOc1ccc(C2COc3cc(OCOC)ccc3C2c2cccc(OCCCCCSCCCC(F)(F)C(F)(F)F)c2)cc1. The monoisotopic (exact) mass is 684 g/mol. The first-order valence-corrected chi connectivity index (χ1v) is 16.6. The van der Waals surface area contributed by atoms with Crippen molar-refractivity contribution in [3.63, 3.8) is 0 Å². The highest BCUT2D eigenvalue weighted by atomic mass is 32.2. The first-order chi connectivity index (χ1) is 22.6. The number of ether oxygens (including phenoxy) is 6. The summed E-state index contributed by atoms with van der Waals surface area (Å²) in [6.45, 7) is 1.26. The first-order valence-electron chi connectivity index (χ1n) is 15.5. The lowest BCUT2D eigenvalue weighted by Gasteiger charge is -2.35. The van der Waals surface area contributed by atoms with Crippen molar-refractivity contribution in [2.45, 2.75) is 56.0 Å². The molecule has 0 amide bonds. The molecule has 258 valence electrons. The van der Waals surface area contributed by atoms with Gasteiger partial charge in [0.1, 0.15) is 23.0 Å². The highest BCUT2D eigenvalue weighted by Gasteiger charge is 2.56. The Labute approximate surface area is 276 Å². The van der Waals surface area contributed by atoms with Crippen LogP contribution in [0.25, 0.3) is 0 Å². The van der Waals surface area contributed by atoms with Crippen LogP contribution in [-0.2, 0) is 9.47 Å². The maximum atomic E-state index is 13.0. The minimum atomic E-state index is -5.48. The molecule has 2 unspecified atom stereocenters. The molecule has 0 spiro atoms. The molecule has 3 aromatic carbocycles. The number of methoxy groups -OCH3 is 2. The molecule has 1 heterocycles. The number of halogens is 5. The van der Waals surface area contributed by atoms with E-state index >= 15 is 0 Å². The third kappa shape index (κ3) is 10.6. The molecule has 6 nitrogen and oxygen atoms in total. The molecule has 0 bridgehead atoms. The van der Waals surface area contributed by atoms with Crippen molar-refractivity contribution in [3.05, 3.63) is 83.4 Å². The normalized spacial score (nSPS) is 16.3. The van der Waals surface area contributed by atoms with E-state index in [1.807, 2.05) is 54.6 Å². The minimum Gasteiger partial charge on any atom is -0.494 e. The predicted molar refractivity (Wildman–Crippen MR) is 171 cm³/mol. The van der Waals surface area contributed by atoms with Gasteiger partial charge >= 0.3 is 12.1 Å². The lowest BCUT2D eigenvalue weighted by atomic mass is 9.76. The lowest BCUT2D eigenvalue weighted by Crippen LogP contribution is -2.36. The van der Waals surface area contributed by atoms with Gasteiger partial charge in [0.25, 0.3) is 0 Å². The summed E-state index contributed by atoms with van der Waals surface area (Å²) in [4.78, 5) is 0. The van der Waals surface area contributed by atoms with Gasteiger partial charge in [-0.3, -0.25) is 0 Å². The predicted octanol–water partition coefficient (Wildman–Crippen LogP) is 9.22. The van der Waals surface area contributed by atoms with Crippen LogP contribution < -0.4 is 18.9 Å². The van der Waals surface area contributed by atoms with Crippen molar-refractivity contribution in [1.82, 2.24) is 0 Å². The summed E-state index contributed by atoms with van der Waals surface area (Å²) >= 11 is 1.40. The summed E-state index contributed by atoms with van der Waals surface area (Å²) in [5.41, 5.74) is 3.21. The van der Waals surface area contributed by atoms with E-state index in [2.05, 4.69) is 12.1 Å². The summed E-state index contributed by atoms with van der Waals surface area (Å²) in [5, 5.41) is 0. The van der Waals surface area contributed by atoms with E-state index in [1.165, 1.54) is 11.8 Å². The number of hydrogen-bond acceptors (Lipinski definition) is 7. The second-order valence-electron chi connectivity index (χ2n) is 11.2. The summed E-state index contributed by atoms with van der Waals surface area (Å²) in [5.74, 6) is -0.797. The van der Waals surface area contributed by atoms with Gasteiger partial charge in [-0.1, -0.05) is 30.3 Å². The van der Waals surface area contributed by atoms with E-state index in [0.717, 1.165) is 47.5 Å². The van der Waals surface area contributed by atoms with Gasteiger partial charge in [-0.25, -0.2) is 0 Å². The average Bonchev–Trinajstić information content (AvgIpc) is 3.06. The van der Waals surface area contributed by atoms with E-state index in [1.54, 1.807) is 14.2 Å². The Morgan fingerprint density at radius 1 is 0.723 bits per heavy atom. The number of fused-ring (bicyclic) bond motifs is 1. The van der Waals surface area contributed by atoms with Crippen molar-refractivity contribution in [3.8, 4) is 23.0 Å². The molecule has 0 N–H and O–H groups in total. The Kier molecular flexibility index (Phi) is 13.9. The molecule has 0 saturated heterocycles. The molecule has 2 atom stereocenters. The number of unbranched alkanes of at least 4 members (excludes halogenated alkanes) is 2. The molecule has 0 radical (unpaired) electrons. The lowest BCUT2D eigenvalue weighted by molar-refractivity contribution is -0.284. The zero-order chi connectivity index (χ0) is 33.7. The van der Waals surface area contributed by atoms with Crippen LogP contribution in [0.4, 0.5) is 22.0 Å². The molecule has 0 fully saturated rings. The zero-order valence-corrected chi connectivity index (χ0v) is 27.3. The molecule has 4 rings (SSSR count). The van der Waals surface area contributed by atoms with Crippen molar-refractivity contribution >= 4 is 11.8 Å². The minimum absolute atomic E-state index is 0.0113. The highest BCUT2D eigenvalue weighted by Crippen LogP contribution is 2.47. The van der Waals surface area contributed by atoms with Gasteiger partial charge in [-0.05, 0) is 78.6 Å². The van der Waals surface area contributed by atoms with Gasteiger partial charge in [-0.2, -0.15) is 33.7 Å². The molecule has 12 heteroatoms. The topological polar surface area (TPSA) is 55.4 Å². The van der Waals surface area contributed by atoms with Gasteiger partial charge < -0.3 is 28.4 Å². The molecule has 0 saturated carbocycles. The molecule has 0 aromatic heterocycles. The molecule has 1 aliphatic rings. The van der Waals surface area contributed by atoms with Gasteiger partial charge in [0, 0.05) is 44.1 Å². The molecule has 1 aliphatic heterocycles. The zero-order valence-electron chi connectivity index (χ0n) is 26.5. The maximum Gasteiger partial charge on any atom is 0.453 e. The van der Waals surface area contributed by atoms with Crippen LogP contribution in [0.2, 0.25) is 0 Å². The highest BCUT2D eigenvalue weighted by molar-refractivity contribution is 7.99. The maximum absolute atomic E-state index is 13.0. The quantitative estimate of drug-likeness (QED) is 0.0709. The third-order valence-corrected chi connectivity index (χ3v) is 8.90. The Bertz CT molecular complexity index is 1370. The van der Waals surface area contributed by atoms with Gasteiger partial charge in [0.15, 0.2) is 13.6 Å². The summed E-state index contributed by atoms with van der Waals surface area (Å²) in [7, 11) is 3.14. The summed E-state index contributed by atoms with van der Waals surface area (Å²) in [6, 6.07) is 21.8. The number of alkyl halides is 5. The third-order valence-electron chi connectivity index (χ3n) is 7.75. The van der Waals surface area contributed by atoms with E-state index in [9.17, 15) is 22.0 Å². The second-order valence-corrected chi connectivity index (χ2v) is 12.4. The van der Waals surface area contributed by atoms with E-state index in [-0.39, 0.29) is 37.6 Å². The van der Waals surface area contributed by atoms with Crippen LogP contribution in [0.1, 0.15) is 60.6 Å². The van der Waals surface area contributed by atoms with E-state index in [0.29, 0.717) is 30.5 Å². The smallest absolute Gasteiger partial charge is 0.453 e. The average molecular weight is 685 g/mol. The fourth-order valence-electron chi connectivity index (χ4n) is 5.36. The summed E-state index contributed by atoms with van der Waals surface area (Å²) in [6.07, 6.45) is -4.35. The fourth-order valence-corrected chi connectivity index (χ4v) is 6.32. The standard InChI is InChI=1S/C35H41F5O6S/c1-41-23-45-27-12-10-25(11-13-27)31-22-44-32-21-29(46-24-42-2)14-15-30(32)33(31)26-8-6-9-28(20-26)43-17-4-3-5-18-47-19-7-16-34(36,37)35(38,39)40/h6,8-15,20-21,31,33H,3-5,7,16-19,22-24H2,1-2H3. The van der Waals surface area contributed by atoms with Crippen LogP contribution in [0.15, 0.2) is 66.7 Å². The van der Waals surface area contributed by atoms with E-state index < -0.39 is 18.5 Å². The molecular formula is C35H41F5O6S. The van der Waals surface area contributed by atoms with Gasteiger partial charge in [-0.15, -0.1) is 0 Å². The number of thioether (sulfide) groups is 1. The first kappa shape index (κ1) is 36.6. The number of rotatable bonds is 19. The summed E-state index contributed by atoms with van der Waals surface area (Å²) < 4.78 is 96.5. The number of benzene rings is 3. The van der Waals surface area contributed by atoms with Crippen molar-refractivity contribution in [2.75, 3.05) is 52.5 Å². The molecule has 0 aliphatic carbocycles. The Hall–Kier alpha value is -3.22. The second kappa shape index (κ2) is 17.8. The van der Waals surface area contributed by atoms with Crippen molar-refractivity contribution < 1.29 is 50.4 Å². The largest absolute Gasteiger partial charge is 0.494 e. The number of hydrogen-bond donors (Lipinski definition) is 0. The Balaban J connectivity index is 1.35.